The van der Waals surface area contributed by atoms with Crippen LogP contribution in [-0.2, 0) is 0 Å². The van der Waals surface area contributed by atoms with Gasteiger partial charge in [0.2, 0.25) is 0 Å². The third kappa shape index (κ3) is 5.16. The molecule has 0 aliphatic heterocycles. The Labute approximate surface area is 172 Å². The second-order valence-corrected chi connectivity index (χ2v) is 5.82. The quantitative estimate of drug-likeness (QED) is 0.278. The molecule has 0 fully saturated rings. The van der Waals surface area contributed by atoms with Crippen LogP contribution in [0.15, 0.2) is 66.2 Å². The Morgan fingerprint density at radius 3 is 2.47 bits per heavy atom. The SMILES string of the molecule is COc1ccc(C(=O)Oc2ccc(/C=N/NC(=O)c3cnccn3)cc2OC)cc1. The lowest BCUT2D eigenvalue weighted by Gasteiger charge is -2.10. The third-order valence-corrected chi connectivity index (χ3v) is 3.89. The van der Waals surface area contributed by atoms with E-state index in [0.717, 1.165) is 0 Å². The summed E-state index contributed by atoms with van der Waals surface area (Å²) in [5.74, 6) is 0.198. The Balaban J connectivity index is 1.66. The number of amides is 1. The van der Waals surface area contributed by atoms with Crippen LogP contribution in [-0.4, -0.2) is 42.3 Å². The summed E-state index contributed by atoms with van der Waals surface area (Å²) in [6.07, 6.45) is 5.64. The van der Waals surface area contributed by atoms with Crippen molar-refractivity contribution < 1.29 is 23.8 Å². The van der Waals surface area contributed by atoms with E-state index >= 15 is 0 Å². The number of benzene rings is 2. The monoisotopic (exact) mass is 406 g/mol. The molecule has 0 spiro atoms. The average molecular weight is 406 g/mol. The van der Waals surface area contributed by atoms with Gasteiger partial charge >= 0.3 is 5.97 Å². The maximum Gasteiger partial charge on any atom is 0.343 e. The molecule has 0 unspecified atom stereocenters. The molecular formula is C21H18N4O5. The average Bonchev–Trinajstić information content (AvgIpc) is 2.80. The van der Waals surface area contributed by atoms with Gasteiger partial charge in [-0.3, -0.25) is 9.78 Å². The molecule has 1 N–H and O–H groups in total. The van der Waals surface area contributed by atoms with Gasteiger partial charge in [-0.2, -0.15) is 5.10 Å². The molecular weight excluding hydrogens is 388 g/mol. The zero-order valence-corrected chi connectivity index (χ0v) is 16.2. The van der Waals surface area contributed by atoms with E-state index < -0.39 is 11.9 Å². The van der Waals surface area contributed by atoms with Gasteiger partial charge in [0.25, 0.3) is 5.91 Å². The number of carbonyl (C=O) groups is 2. The minimum atomic E-state index is -0.534. The molecule has 30 heavy (non-hydrogen) atoms. The molecule has 3 aromatic rings. The van der Waals surface area contributed by atoms with Gasteiger partial charge in [0.15, 0.2) is 11.5 Å². The van der Waals surface area contributed by atoms with Crippen LogP contribution in [0.2, 0.25) is 0 Å². The summed E-state index contributed by atoms with van der Waals surface area (Å²) in [6, 6.07) is 11.4. The molecule has 152 valence electrons. The van der Waals surface area contributed by atoms with Gasteiger partial charge in [0, 0.05) is 12.4 Å². The smallest absolute Gasteiger partial charge is 0.343 e. The molecule has 9 nitrogen and oxygen atoms in total. The van der Waals surface area contributed by atoms with Crippen LogP contribution >= 0.6 is 0 Å². The molecule has 0 bridgehead atoms. The Morgan fingerprint density at radius 1 is 1.00 bits per heavy atom. The van der Waals surface area contributed by atoms with Crippen molar-refractivity contribution in [3.63, 3.8) is 0 Å². The zero-order chi connectivity index (χ0) is 21.3. The lowest BCUT2D eigenvalue weighted by Crippen LogP contribution is -2.19. The summed E-state index contributed by atoms with van der Waals surface area (Å²) in [4.78, 5) is 31.9. The number of carbonyl (C=O) groups excluding carboxylic acids is 2. The maximum absolute atomic E-state index is 12.3. The number of nitrogens with one attached hydrogen (secondary N) is 1. The van der Waals surface area contributed by atoms with Gasteiger partial charge in [-0.25, -0.2) is 15.2 Å². The van der Waals surface area contributed by atoms with Crippen molar-refractivity contribution in [2.75, 3.05) is 14.2 Å². The van der Waals surface area contributed by atoms with E-state index in [-0.39, 0.29) is 11.4 Å². The van der Waals surface area contributed by atoms with Crippen LogP contribution in [0, 0.1) is 0 Å². The number of nitrogens with zero attached hydrogens (tertiary/aromatic N) is 3. The molecule has 1 heterocycles. The van der Waals surface area contributed by atoms with Crippen molar-refractivity contribution >= 4 is 18.1 Å². The molecule has 9 heteroatoms. The van der Waals surface area contributed by atoms with Crippen LogP contribution in [0.1, 0.15) is 26.4 Å². The number of methoxy groups -OCH3 is 2. The summed E-state index contributed by atoms with van der Waals surface area (Å²) in [5, 5.41) is 3.88. The van der Waals surface area contributed by atoms with Crippen molar-refractivity contribution in [2.24, 2.45) is 5.10 Å². The second-order valence-electron chi connectivity index (χ2n) is 5.82. The fourth-order valence-electron chi connectivity index (χ4n) is 2.37. The molecule has 1 amide bonds. The van der Waals surface area contributed by atoms with Crippen LogP contribution in [0.25, 0.3) is 0 Å². The summed E-state index contributed by atoms with van der Waals surface area (Å²) < 4.78 is 15.8. The van der Waals surface area contributed by atoms with Crippen molar-refractivity contribution in [1.29, 1.82) is 0 Å². The predicted molar refractivity (Wildman–Crippen MR) is 108 cm³/mol. The highest BCUT2D eigenvalue weighted by atomic mass is 16.6. The number of ether oxygens (including phenoxy) is 3. The highest BCUT2D eigenvalue weighted by Gasteiger charge is 2.13. The van der Waals surface area contributed by atoms with Gasteiger partial charge in [0.05, 0.1) is 32.2 Å². The van der Waals surface area contributed by atoms with Crippen LogP contribution in [0.5, 0.6) is 17.2 Å². The standard InChI is InChI=1S/C21H18N4O5/c1-28-16-6-4-15(5-7-16)21(27)30-18-8-3-14(11-19(18)29-2)12-24-25-20(26)17-13-22-9-10-23-17/h3-13H,1-2H3,(H,25,26)/b24-12+. The van der Waals surface area contributed by atoms with Crippen molar-refractivity contribution in [1.82, 2.24) is 15.4 Å². The number of aromatic nitrogens is 2. The Morgan fingerprint density at radius 2 is 1.80 bits per heavy atom. The summed E-state index contributed by atoms with van der Waals surface area (Å²) in [6.45, 7) is 0. The van der Waals surface area contributed by atoms with Gasteiger partial charge < -0.3 is 14.2 Å². The predicted octanol–water partition coefficient (Wildman–Crippen LogP) is 2.48. The van der Waals surface area contributed by atoms with Gasteiger partial charge in [-0.15, -0.1) is 0 Å². The van der Waals surface area contributed by atoms with E-state index in [4.69, 9.17) is 14.2 Å². The Kier molecular flexibility index (Phi) is 6.67. The number of hydrogen-bond acceptors (Lipinski definition) is 8. The largest absolute Gasteiger partial charge is 0.497 e. The number of esters is 1. The zero-order valence-electron chi connectivity index (χ0n) is 16.2. The second kappa shape index (κ2) is 9.78. The van der Waals surface area contributed by atoms with Crippen LogP contribution in [0.4, 0.5) is 0 Å². The molecule has 0 aliphatic rings. The first-order valence-electron chi connectivity index (χ1n) is 8.74. The molecule has 3 rings (SSSR count). The number of rotatable bonds is 7. The highest BCUT2D eigenvalue weighted by Crippen LogP contribution is 2.28. The molecule has 0 saturated heterocycles. The van der Waals surface area contributed by atoms with Crippen molar-refractivity contribution in [3.8, 4) is 17.2 Å². The first-order chi connectivity index (χ1) is 14.6. The van der Waals surface area contributed by atoms with E-state index in [1.807, 2.05) is 0 Å². The topological polar surface area (TPSA) is 112 Å². The number of hydrogen-bond donors (Lipinski definition) is 1. The first kappa shape index (κ1) is 20.5. The molecule has 2 aromatic carbocycles. The lowest BCUT2D eigenvalue weighted by atomic mass is 10.2. The van der Waals surface area contributed by atoms with Crippen LogP contribution < -0.4 is 19.6 Å². The van der Waals surface area contributed by atoms with Gasteiger partial charge in [-0.05, 0) is 48.0 Å². The Hall–Kier alpha value is -4.27. The Bertz CT molecular complexity index is 1050. The maximum atomic E-state index is 12.3. The molecule has 1 aromatic heterocycles. The third-order valence-electron chi connectivity index (χ3n) is 3.89. The summed E-state index contributed by atoms with van der Waals surface area (Å²) in [5.41, 5.74) is 3.49. The summed E-state index contributed by atoms with van der Waals surface area (Å²) >= 11 is 0. The van der Waals surface area contributed by atoms with E-state index in [0.29, 0.717) is 22.6 Å². The van der Waals surface area contributed by atoms with Crippen molar-refractivity contribution in [2.45, 2.75) is 0 Å². The lowest BCUT2D eigenvalue weighted by molar-refractivity contribution is 0.0729. The van der Waals surface area contributed by atoms with E-state index in [1.165, 1.54) is 31.9 Å². The van der Waals surface area contributed by atoms with Gasteiger partial charge in [-0.1, -0.05) is 0 Å². The normalized spacial score (nSPS) is 10.5. The van der Waals surface area contributed by atoms with E-state index in [1.54, 1.807) is 49.6 Å². The first-order valence-corrected chi connectivity index (χ1v) is 8.74. The minimum Gasteiger partial charge on any atom is -0.497 e. The molecule has 0 radical (unpaired) electrons. The van der Waals surface area contributed by atoms with Crippen LogP contribution in [0.3, 0.4) is 0 Å². The van der Waals surface area contributed by atoms with Gasteiger partial charge in [0.1, 0.15) is 11.4 Å². The summed E-state index contributed by atoms with van der Waals surface area (Å²) in [7, 11) is 3.00. The van der Waals surface area contributed by atoms with E-state index in [2.05, 4.69) is 20.5 Å². The fourth-order valence-corrected chi connectivity index (χ4v) is 2.37. The fraction of sp³-hybridized carbons (Fsp3) is 0.0952. The van der Waals surface area contributed by atoms with Crippen molar-refractivity contribution in [3.05, 3.63) is 77.9 Å². The highest BCUT2D eigenvalue weighted by molar-refractivity contribution is 5.93. The molecule has 0 saturated carbocycles. The molecule has 0 aliphatic carbocycles. The number of hydrazone groups is 1. The molecule has 0 atom stereocenters. The van der Waals surface area contributed by atoms with E-state index in [9.17, 15) is 9.59 Å². The minimum absolute atomic E-state index is 0.146.